The molecule has 2 aliphatic carbocycles. The van der Waals surface area contributed by atoms with Crippen molar-refractivity contribution in [2.75, 3.05) is 18.0 Å². The smallest absolute Gasteiger partial charge is 0.341 e. The van der Waals surface area contributed by atoms with E-state index in [1.165, 1.54) is 12.3 Å². The molecule has 1 atom stereocenters. The largest absolute Gasteiger partial charge is 0.477 e. The van der Waals surface area contributed by atoms with Gasteiger partial charge in [0.2, 0.25) is 5.43 Å². The standard InChI is InChI=1S/C19H20FN3O3/c20-13-5-11-14(6-15(13)22-8-16(21)19(9-22)3-4-19)23(10-1-2-10)7-12(17(11)24)18(25)26/h5-7,10,16H,1-4,8-9,21H2,(H,25,26). The fraction of sp³-hybridized carbons (Fsp3) is 0.474. The van der Waals surface area contributed by atoms with Crippen molar-refractivity contribution < 1.29 is 14.3 Å². The first-order valence-corrected chi connectivity index (χ1v) is 9.02. The summed E-state index contributed by atoms with van der Waals surface area (Å²) in [5.74, 6) is -1.78. The number of fused-ring (bicyclic) bond motifs is 1. The van der Waals surface area contributed by atoms with Gasteiger partial charge in [0.05, 0.1) is 11.2 Å². The van der Waals surface area contributed by atoms with Crippen molar-refractivity contribution in [2.24, 2.45) is 11.1 Å². The number of nitrogens with zero attached hydrogens (tertiary/aromatic N) is 2. The molecule has 3 N–H and O–H groups in total. The molecule has 1 spiro atoms. The first kappa shape index (κ1) is 15.8. The van der Waals surface area contributed by atoms with Crippen LogP contribution in [-0.4, -0.2) is 34.8 Å². The van der Waals surface area contributed by atoms with Crippen LogP contribution in [0.3, 0.4) is 0 Å². The van der Waals surface area contributed by atoms with Crippen molar-refractivity contribution >= 4 is 22.6 Å². The molecule has 0 radical (unpaired) electrons. The monoisotopic (exact) mass is 357 g/mol. The van der Waals surface area contributed by atoms with Crippen LogP contribution in [-0.2, 0) is 0 Å². The number of carboxylic acids is 1. The van der Waals surface area contributed by atoms with Crippen LogP contribution in [0.1, 0.15) is 42.1 Å². The summed E-state index contributed by atoms with van der Waals surface area (Å²) in [6, 6.07) is 3.11. The van der Waals surface area contributed by atoms with Crippen molar-refractivity contribution in [3.63, 3.8) is 0 Å². The Morgan fingerprint density at radius 2 is 2.04 bits per heavy atom. The lowest BCUT2D eigenvalue weighted by atomic mass is 10.0. The molecule has 1 aliphatic heterocycles. The number of carboxylic acid groups (broad SMARTS) is 1. The van der Waals surface area contributed by atoms with Crippen LogP contribution in [0, 0.1) is 11.2 Å². The molecule has 136 valence electrons. The number of benzene rings is 1. The molecule has 26 heavy (non-hydrogen) atoms. The van der Waals surface area contributed by atoms with Crippen LogP contribution in [0.5, 0.6) is 0 Å². The highest BCUT2D eigenvalue weighted by Crippen LogP contribution is 2.53. The lowest BCUT2D eigenvalue weighted by Gasteiger charge is -2.21. The molecule has 2 saturated carbocycles. The molecule has 0 bridgehead atoms. The summed E-state index contributed by atoms with van der Waals surface area (Å²) in [6.07, 6.45) is 5.43. The SMILES string of the molecule is NC1CN(c2cc3c(cc2F)c(=O)c(C(=O)O)cn3C2CC2)CC12CC2. The summed E-state index contributed by atoms with van der Waals surface area (Å²) in [4.78, 5) is 25.9. The summed E-state index contributed by atoms with van der Waals surface area (Å²) in [6.45, 7) is 1.33. The third-order valence-corrected chi connectivity index (χ3v) is 6.21. The number of hydrogen-bond acceptors (Lipinski definition) is 4. The van der Waals surface area contributed by atoms with Crippen molar-refractivity contribution in [1.29, 1.82) is 0 Å². The second kappa shape index (κ2) is 5.07. The van der Waals surface area contributed by atoms with Gasteiger partial charge in [-0.1, -0.05) is 0 Å². The van der Waals surface area contributed by atoms with Crippen LogP contribution in [0.15, 0.2) is 23.1 Å². The van der Waals surface area contributed by atoms with Crippen LogP contribution >= 0.6 is 0 Å². The molecular formula is C19H20FN3O3. The van der Waals surface area contributed by atoms with E-state index in [0.29, 0.717) is 17.7 Å². The van der Waals surface area contributed by atoms with E-state index in [9.17, 15) is 19.1 Å². The Balaban J connectivity index is 1.69. The van der Waals surface area contributed by atoms with Gasteiger partial charge in [-0.25, -0.2) is 9.18 Å². The zero-order valence-electron chi connectivity index (χ0n) is 14.2. The van der Waals surface area contributed by atoms with E-state index in [2.05, 4.69) is 0 Å². The van der Waals surface area contributed by atoms with Crippen LogP contribution in [0.25, 0.3) is 10.9 Å². The predicted molar refractivity (Wildman–Crippen MR) is 95.3 cm³/mol. The Labute approximate surface area is 149 Å². The molecule has 3 aliphatic rings. The summed E-state index contributed by atoms with van der Waals surface area (Å²) in [5.41, 5.74) is 6.47. The number of aromatic carboxylic acids is 1. The second-order valence-electron chi connectivity index (χ2n) is 7.99. The van der Waals surface area contributed by atoms with Gasteiger partial charge in [-0.05, 0) is 37.8 Å². The van der Waals surface area contributed by atoms with Crippen LogP contribution in [0.2, 0.25) is 0 Å². The number of pyridine rings is 1. The van der Waals surface area contributed by atoms with E-state index < -0.39 is 17.2 Å². The lowest BCUT2D eigenvalue weighted by molar-refractivity contribution is 0.0695. The summed E-state index contributed by atoms with van der Waals surface area (Å²) in [5, 5.41) is 9.44. The molecule has 1 aromatic heterocycles. The zero-order valence-corrected chi connectivity index (χ0v) is 14.2. The number of anilines is 1. The molecule has 6 nitrogen and oxygen atoms in total. The molecule has 2 heterocycles. The molecule has 3 fully saturated rings. The Bertz CT molecular complexity index is 1010. The Hall–Kier alpha value is -2.41. The molecule has 7 heteroatoms. The van der Waals surface area contributed by atoms with Gasteiger partial charge in [0.25, 0.3) is 0 Å². The third kappa shape index (κ3) is 2.19. The average Bonchev–Trinajstić information content (AvgIpc) is 3.48. The Morgan fingerprint density at radius 1 is 1.31 bits per heavy atom. The molecular weight excluding hydrogens is 337 g/mol. The number of rotatable bonds is 3. The van der Waals surface area contributed by atoms with Gasteiger partial charge >= 0.3 is 5.97 Å². The van der Waals surface area contributed by atoms with Crippen molar-refractivity contribution in [3.8, 4) is 0 Å². The van der Waals surface area contributed by atoms with Crippen LogP contribution in [0.4, 0.5) is 10.1 Å². The highest BCUT2D eigenvalue weighted by Gasteiger charge is 2.53. The maximum atomic E-state index is 14.9. The minimum Gasteiger partial charge on any atom is -0.477 e. The van der Waals surface area contributed by atoms with Gasteiger partial charge < -0.3 is 20.3 Å². The first-order chi connectivity index (χ1) is 12.4. The highest BCUT2D eigenvalue weighted by molar-refractivity contribution is 5.93. The number of hydrogen-bond donors (Lipinski definition) is 2. The van der Waals surface area contributed by atoms with Gasteiger partial charge in [-0.3, -0.25) is 4.79 Å². The van der Waals surface area contributed by atoms with Crippen LogP contribution < -0.4 is 16.1 Å². The fourth-order valence-electron chi connectivity index (χ4n) is 4.27. The minimum atomic E-state index is -1.28. The van der Waals surface area contributed by atoms with Gasteiger partial charge in [0.15, 0.2) is 0 Å². The molecule has 0 amide bonds. The third-order valence-electron chi connectivity index (χ3n) is 6.21. The molecule has 1 unspecified atom stereocenters. The number of aromatic nitrogens is 1. The summed E-state index contributed by atoms with van der Waals surface area (Å²) >= 11 is 0. The van der Waals surface area contributed by atoms with E-state index in [1.807, 2.05) is 9.47 Å². The first-order valence-electron chi connectivity index (χ1n) is 9.02. The molecule has 5 rings (SSSR count). The zero-order chi connectivity index (χ0) is 18.2. The van der Waals surface area contributed by atoms with E-state index >= 15 is 0 Å². The predicted octanol–water partition coefficient (Wildman–Crippen LogP) is 2.10. The van der Waals surface area contributed by atoms with Gasteiger partial charge in [0, 0.05) is 42.2 Å². The van der Waals surface area contributed by atoms with Crippen molar-refractivity contribution in [2.45, 2.75) is 37.8 Å². The van der Waals surface area contributed by atoms with E-state index in [-0.39, 0.29) is 28.4 Å². The number of nitrogens with two attached hydrogens (primary N) is 1. The lowest BCUT2D eigenvalue weighted by Crippen LogP contribution is -2.30. The van der Waals surface area contributed by atoms with E-state index in [1.54, 1.807) is 6.07 Å². The van der Waals surface area contributed by atoms with Gasteiger partial charge in [-0.2, -0.15) is 0 Å². The fourth-order valence-corrected chi connectivity index (χ4v) is 4.27. The Kier molecular flexibility index (Phi) is 3.08. The Morgan fingerprint density at radius 3 is 2.62 bits per heavy atom. The van der Waals surface area contributed by atoms with Gasteiger partial charge in [-0.15, -0.1) is 0 Å². The average molecular weight is 357 g/mol. The maximum Gasteiger partial charge on any atom is 0.341 e. The highest BCUT2D eigenvalue weighted by atomic mass is 19.1. The minimum absolute atomic E-state index is 0.0395. The quantitative estimate of drug-likeness (QED) is 0.878. The maximum absolute atomic E-state index is 14.9. The molecule has 2 aromatic rings. The van der Waals surface area contributed by atoms with Crippen molar-refractivity contribution in [1.82, 2.24) is 4.57 Å². The topological polar surface area (TPSA) is 88.6 Å². The van der Waals surface area contributed by atoms with E-state index in [4.69, 9.17) is 5.73 Å². The van der Waals surface area contributed by atoms with Crippen molar-refractivity contribution in [3.05, 3.63) is 39.9 Å². The normalized spacial score (nSPS) is 23.8. The number of halogens is 1. The summed E-state index contributed by atoms with van der Waals surface area (Å²) < 4.78 is 16.7. The molecule has 1 saturated heterocycles. The van der Waals surface area contributed by atoms with Gasteiger partial charge in [0.1, 0.15) is 11.4 Å². The number of carbonyl (C=O) groups is 1. The molecule has 1 aromatic carbocycles. The second-order valence-corrected chi connectivity index (χ2v) is 7.99. The summed E-state index contributed by atoms with van der Waals surface area (Å²) in [7, 11) is 0. The van der Waals surface area contributed by atoms with E-state index in [0.717, 1.165) is 32.2 Å².